The van der Waals surface area contributed by atoms with Gasteiger partial charge in [-0.05, 0) is 91.8 Å². The summed E-state index contributed by atoms with van der Waals surface area (Å²) < 4.78 is 0. The predicted octanol–water partition coefficient (Wildman–Crippen LogP) is 6.76. The van der Waals surface area contributed by atoms with E-state index in [1.165, 1.54) is 38.5 Å². The van der Waals surface area contributed by atoms with E-state index in [2.05, 4.69) is 31.7 Å². The monoisotopic (exact) mass is 491 g/mol. The van der Waals surface area contributed by atoms with Gasteiger partial charge in [-0.2, -0.15) is 0 Å². The van der Waals surface area contributed by atoms with Crippen molar-refractivity contribution in [2.45, 2.75) is 78.2 Å². The summed E-state index contributed by atoms with van der Waals surface area (Å²) in [5.74, 6) is 5.48. The average Bonchev–Trinajstić information content (AvgIpc) is 3.06. The molecule has 4 aliphatic carbocycles. The Labute approximate surface area is 206 Å². The summed E-state index contributed by atoms with van der Waals surface area (Å²) in [6, 6.07) is 0. The zero-order valence-electron chi connectivity index (χ0n) is 19.8. The van der Waals surface area contributed by atoms with Crippen LogP contribution in [0.25, 0.3) is 0 Å². The maximum Gasteiger partial charge on any atom is 0.0577 e. The van der Waals surface area contributed by atoms with E-state index >= 15 is 0 Å². The highest BCUT2D eigenvalue weighted by Gasteiger charge is 2.59. The largest absolute Gasteiger partial charge is 0.393 e. The Kier molecular flexibility index (Phi) is 8.79. The first-order chi connectivity index (χ1) is 14.3. The lowest BCUT2D eigenvalue weighted by atomic mass is 9.47. The number of aliphatic hydroxyl groups is 1. The third kappa shape index (κ3) is 4.72. The molecule has 0 aromatic heterocycles. The van der Waals surface area contributed by atoms with Gasteiger partial charge in [0.25, 0.3) is 0 Å². The van der Waals surface area contributed by atoms with Crippen molar-refractivity contribution in [3.05, 3.63) is 11.6 Å². The Morgan fingerprint density at radius 2 is 1.77 bits per heavy atom. The van der Waals surface area contributed by atoms with E-state index in [0.717, 1.165) is 56.1 Å². The number of fused-ring (bicyclic) bond motifs is 5. The molecule has 31 heavy (non-hydrogen) atoms. The van der Waals surface area contributed by atoms with Gasteiger partial charge in [-0.25, -0.2) is 0 Å². The van der Waals surface area contributed by atoms with Crippen molar-refractivity contribution in [1.82, 2.24) is 4.90 Å². The molecule has 4 aliphatic rings. The summed E-state index contributed by atoms with van der Waals surface area (Å²) in [6.45, 7) is 10.7. The molecule has 1 N–H and O–H groups in total. The van der Waals surface area contributed by atoms with Crippen molar-refractivity contribution in [3.63, 3.8) is 0 Å². The molecule has 180 valence electrons. The molecule has 4 rings (SSSR count). The Balaban J connectivity index is 0.00000272. The number of nitrogens with zero attached hydrogens (tertiary/aromatic N) is 1. The van der Waals surface area contributed by atoms with Crippen LogP contribution >= 0.6 is 35.6 Å². The maximum atomic E-state index is 10.2. The predicted molar refractivity (Wildman–Crippen MR) is 135 cm³/mol. The van der Waals surface area contributed by atoms with E-state index in [1.54, 1.807) is 5.57 Å². The molecular weight excluding hydrogens is 449 g/mol. The van der Waals surface area contributed by atoms with Crippen LogP contribution in [0, 0.1) is 40.4 Å². The Morgan fingerprint density at radius 1 is 1.06 bits per heavy atom. The van der Waals surface area contributed by atoms with E-state index in [1.807, 2.05) is 0 Å². The average molecular weight is 493 g/mol. The third-order valence-electron chi connectivity index (χ3n) is 10.2. The lowest BCUT2D eigenvalue weighted by Gasteiger charge is -2.58. The number of halogens is 3. The van der Waals surface area contributed by atoms with Gasteiger partial charge in [-0.1, -0.05) is 32.4 Å². The minimum atomic E-state index is -0.102. The summed E-state index contributed by atoms with van der Waals surface area (Å²) in [4.78, 5) is 2.48. The first-order valence-corrected chi connectivity index (χ1v) is 13.6. The van der Waals surface area contributed by atoms with E-state index in [-0.39, 0.29) is 18.5 Å². The third-order valence-corrected chi connectivity index (χ3v) is 10.5. The molecule has 3 fully saturated rings. The summed E-state index contributed by atoms with van der Waals surface area (Å²) in [6.07, 6.45) is 12.4. The fourth-order valence-corrected chi connectivity index (χ4v) is 9.16. The standard InChI is InChI=1S/C26H43Cl2NO.ClH/c1-18(17-29(14-12-27)15-13-28)22-6-7-23-21-5-4-19-16-20(30)8-10-25(19,2)24(21)9-11-26(22,23)3;/h4,18,20-24,30H,5-17H2,1-3H3;1H/t18?,20-,21-,22+,23-,24-,25-,26+;/m0./s1. The number of allylic oxidation sites excluding steroid dienone is 1. The van der Waals surface area contributed by atoms with Gasteiger partial charge in [0, 0.05) is 31.4 Å². The molecule has 0 spiro atoms. The Morgan fingerprint density at radius 3 is 2.45 bits per heavy atom. The lowest BCUT2D eigenvalue weighted by Crippen LogP contribution is -2.51. The zero-order valence-corrected chi connectivity index (χ0v) is 22.1. The quantitative estimate of drug-likeness (QED) is 0.313. The molecule has 1 unspecified atom stereocenters. The van der Waals surface area contributed by atoms with Crippen molar-refractivity contribution in [1.29, 1.82) is 0 Å². The normalized spacial score (nSPS) is 42.8. The Bertz CT molecular complexity index is 636. The van der Waals surface area contributed by atoms with E-state index in [4.69, 9.17) is 23.2 Å². The first kappa shape index (κ1) is 26.1. The highest BCUT2D eigenvalue weighted by Crippen LogP contribution is 2.67. The molecule has 0 aromatic rings. The van der Waals surface area contributed by atoms with Crippen molar-refractivity contribution in [3.8, 4) is 0 Å². The van der Waals surface area contributed by atoms with Crippen LogP contribution in [0.5, 0.6) is 0 Å². The van der Waals surface area contributed by atoms with Crippen LogP contribution in [-0.4, -0.2) is 47.5 Å². The number of hydrogen-bond donors (Lipinski definition) is 1. The van der Waals surface area contributed by atoms with Gasteiger partial charge in [0.15, 0.2) is 0 Å². The molecule has 0 amide bonds. The smallest absolute Gasteiger partial charge is 0.0577 e. The van der Waals surface area contributed by atoms with Crippen LogP contribution < -0.4 is 0 Å². The second-order valence-corrected chi connectivity index (χ2v) is 12.3. The van der Waals surface area contributed by atoms with Gasteiger partial charge in [0.2, 0.25) is 0 Å². The molecule has 0 aromatic carbocycles. The van der Waals surface area contributed by atoms with Gasteiger partial charge in [0.05, 0.1) is 6.10 Å². The molecule has 5 heteroatoms. The topological polar surface area (TPSA) is 23.5 Å². The number of rotatable bonds is 7. The van der Waals surface area contributed by atoms with Gasteiger partial charge in [-0.15, -0.1) is 35.6 Å². The van der Waals surface area contributed by atoms with Crippen LogP contribution in [0.15, 0.2) is 11.6 Å². The fourth-order valence-electron chi connectivity index (χ4n) is 8.68. The van der Waals surface area contributed by atoms with Gasteiger partial charge < -0.3 is 10.0 Å². The van der Waals surface area contributed by atoms with E-state index in [0.29, 0.717) is 28.5 Å². The second kappa shape index (κ2) is 10.4. The molecule has 0 saturated heterocycles. The highest BCUT2D eigenvalue weighted by molar-refractivity contribution is 6.18. The molecule has 0 heterocycles. The molecule has 2 nitrogen and oxygen atoms in total. The molecule has 0 bridgehead atoms. The van der Waals surface area contributed by atoms with Crippen LogP contribution in [0.1, 0.15) is 72.1 Å². The molecule has 0 radical (unpaired) electrons. The summed E-state index contributed by atoms with van der Waals surface area (Å²) in [5, 5.41) is 10.2. The summed E-state index contributed by atoms with van der Waals surface area (Å²) in [7, 11) is 0. The van der Waals surface area contributed by atoms with Crippen LogP contribution in [0.3, 0.4) is 0 Å². The minimum Gasteiger partial charge on any atom is -0.393 e. The molecule has 3 saturated carbocycles. The molecule has 0 aliphatic heterocycles. The minimum absolute atomic E-state index is 0. The number of aliphatic hydroxyl groups excluding tert-OH is 1. The van der Waals surface area contributed by atoms with Crippen molar-refractivity contribution >= 4 is 35.6 Å². The zero-order chi connectivity index (χ0) is 21.5. The summed E-state index contributed by atoms with van der Waals surface area (Å²) in [5.41, 5.74) is 2.43. The van der Waals surface area contributed by atoms with Crippen LogP contribution in [-0.2, 0) is 0 Å². The van der Waals surface area contributed by atoms with Crippen molar-refractivity contribution < 1.29 is 5.11 Å². The van der Waals surface area contributed by atoms with Gasteiger partial charge >= 0.3 is 0 Å². The first-order valence-electron chi connectivity index (χ1n) is 12.6. The van der Waals surface area contributed by atoms with E-state index in [9.17, 15) is 5.11 Å². The van der Waals surface area contributed by atoms with Crippen molar-refractivity contribution in [2.75, 3.05) is 31.4 Å². The fraction of sp³-hybridized carbons (Fsp3) is 0.923. The second-order valence-electron chi connectivity index (χ2n) is 11.5. The van der Waals surface area contributed by atoms with Gasteiger partial charge in [-0.3, -0.25) is 0 Å². The Hall–Kier alpha value is 0.530. The van der Waals surface area contributed by atoms with Gasteiger partial charge in [0.1, 0.15) is 0 Å². The van der Waals surface area contributed by atoms with Crippen LogP contribution in [0.2, 0.25) is 0 Å². The van der Waals surface area contributed by atoms with Crippen molar-refractivity contribution in [2.24, 2.45) is 40.4 Å². The molecular formula is C26H44Cl3NO. The number of alkyl halides is 2. The maximum absolute atomic E-state index is 10.2. The summed E-state index contributed by atoms with van der Waals surface area (Å²) >= 11 is 12.1. The lowest BCUT2D eigenvalue weighted by molar-refractivity contribution is -0.0583. The number of hydrogen-bond acceptors (Lipinski definition) is 2. The highest BCUT2D eigenvalue weighted by atomic mass is 35.5. The van der Waals surface area contributed by atoms with Crippen LogP contribution in [0.4, 0.5) is 0 Å². The SMILES string of the molecule is CC(CN(CCCl)CCCl)[C@H]1CC[C@H]2[C@@H]3CC=C4C[C@@H](O)CC[C@]4(C)[C@H]3CC[C@]12C.Cl. The van der Waals surface area contributed by atoms with E-state index < -0.39 is 0 Å². The molecule has 8 atom stereocenters.